The van der Waals surface area contributed by atoms with Gasteiger partial charge in [-0.05, 0) is 72.4 Å². The largest absolute Gasteiger partial charge is 0.466 e. The number of nitrogens with zero attached hydrogens (tertiary/aromatic N) is 1. The zero-order valence-electron chi connectivity index (χ0n) is 21.9. The van der Waals surface area contributed by atoms with Crippen molar-refractivity contribution in [2.24, 2.45) is 0 Å². The second-order valence-electron chi connectivity index (χ2n) is 9.95. The molecule has 0 heterocycles. The fourth-order valence-corrected chi connectivity index (χ4v) is 3.73. The van der Waals surface area contributed by atoms with Gasteiger partial charge in [-0.15, -0.1) is 0 Å². The van der Waals surface area contributed by atoms with E-state index >= 15 is 0 Å². The number of nitrogens with one attached hydrogen (secondary N) is 2. The monoisotopic (exact) mass is 489 g/mol. The minimum Gasteiger partial charge on any atom is -0.466 e. The van der Waals surface area contributed by atoms with Crippen LogP contribution in [-0.4, -0.2) is 59.6 Å². The Kier molecular flexibility index (Phi) is 9.68. The van der Waals surface area contributed by atoms with E-state index < -0.39 is 29.7 Å². The molecular formula is C26H39N3O6. The molecule has 1 aromatic carbocycles. The number of esters is 1. The third-order valence-corrected chi connectivity index (χ3v) is 5.49. The molecule has 0 aliphatic heterocycles. The number of hydrogen-bond acceptors (Lipinski definition) is 6. The van der Waals surface area contributed by atoms with Crippen molar-refractivity contribution in [1.29, 1.82) is 0 Å². The van der Waals surface area contributed by atoms with Crippen molar-refractivity contribution < 1.29 is 28.7 Å². The van der Waals surface area contributed by atoms with Gasteiger partial charge in [0.1, 0.15) is 17.7 Å². The number of amides is 3. The van der Waals surface area contributed by atoms with Crippen LogP contribution in [0.15, 0.2) is 18.2 Å². The predicted octanol–water partition coefficient (Wildman–Crippen LogP) is 3.32. The van der Waals surface area contributed by atoms with Crippen molar-refractivity contribution in [2.75, 3.05) is 13.2 Å². The van der Waals surface area contributed by atoms with Gasteiger partial charge in [0.25, 0.3) is 0 Å². The minimum atomic E-state index is -0.903. The lowest BCUT2D eigenvalue weighted by molar-refractivity contribution is -0.144. The van der Waals surface area contributed by atoms with E-state index in [0.717, 1.165) is 24.0 Å². The Balaban J connectivity index is 2.31. The summed E-state index contributed by atoms with van der Waals surface area (Å²) < 4.78 is 10.2. The summed E-state index contributed by atoms with van der Waals surface area (Å²) in [4.78, 5) is 52.7. The summed E-state index contributed by atoms with van der Waals surface area (Å²) in [7, 11) is 0. The normalized spacial score (nSPS) is 14.9. The van der Waals surface area contributed by atoms with Crippen LogP contribution in [0.2, 0.25) is 0 Å². The standard InChI is InChI=1S/C26H39N3O6/c1-8-34-21(30)13-14-27-23(31)22(20-15-16(2)9-10-17(20)3)29(19-11-12-19)24(32)18(4)28-25(33)35-26(5,6)7/h9-10,15,18-19,22H,8,11-14H2,1-7H3,(H,27,31)(H,28,33). The number of alkyl carbamates (subject to hydrolysis) is 1. The van der Waals surface area contributed by atoms with E-state index in [-0.39, 0.29) is 37.4 Å². The molecule has 1 aliphatic carbocycles. The summed E-state index contributed by atoms with van der Waals surface area (Å²) in [6.45, 7) is 12.7. The second kappa shape index (κ2) is 12.0. The number of carbonyl (C=O) groups is 4. The molecular weight excluding hydrogens is 450 g/mol. The van der Waals surface area contributed by atoms with Crippen molar-refractivity contribution in [1.82, 2.24) is 15.5 Å². The summed E-state index contributed by atoms with van der Waals surface area (Å²) in [6, 6.07) is 3.85. The molecule has 0 radical (unpaired) electrons. The quantitative estimate of drug-likeness (QED) is 0.488. The molecule has 1 aliphatic rings. The smallest absolute Gasteiger partial charge is 0.408 e. The van der Waals surface area contributed by atoms with Crippen LogP contribution in [-0.2, 0) is 23.9 Å². The van der Waals surface area contributed by atoms with Crippen LogP contribution in [0, 0.1) is 13.8 Å². The highest BCUT2D eigenvalue weighted by Crippen LogP contribution is 2.36. The predicted molar refractivity (Wildman–Crippen MR) is 132 cm³/mol. The van der Waals surface area contributed by atoms with Gasteiger partial charge in [0.05, 0.1) is 13.0 Å². The molecule has 194 valence electrons. The molecule has 1 aromatic rings. The first-order chi connectivity index (χ1) is 16.3. The maximum atomic E-state index is 13.6. The molecule has 2 unspecified atom stereocenters. The van der Waals surface area contributed by atoms with Gasteiger partial charge in [-0.3, -0.25) is 14.4 Å². The van der Waals surface area contributed by atoms with E-state index in [4.69, 9.17) is 9.47 Å². The molecule has 2 rings (SSSR count). The Morgan fingerprint density at radius 2 is 1.80 bits per heavy atom. The summed E-state index contributed by atoms with van der Waals surface area (Å²) in [5, 5.41) is 5.40. The lowest BCUT2D eigenvalue weighted by atomic mass is 9.96. The van der Waals surface area contributed by atoms with Crippen LogP contribution >= 0.6 is 0 Å². The Morgan fingerprint density at radius 1 is 1.14 bits per heavy atom. The second-order valence-corrected chi connectivity index (χ2v) is 9.95. The van der Waals surface area contributed by atoms with Crippen LogP contribution in [0.4, 0.5) is 4.79 Å². The van der Waals surface area contributed by atoms with E-state index in [1.807, 2.05) is 32.0 Å². The zero-order valence-corrected chi connectivity index (χ0v) is 21.9. The van der Waals surface area contributed by atoms with Gasteiger partial charge in [0, 0.05) is 12.6 Å². The maximum Gasteiger partial charge on any atom is 0.408 e. The maximum absolute atomic E-state index is 13.6. The number of benzene rings is 1. The fraction of sp³-hybridized carbons (Fsp3) is 0.615. The molecule has 1 saturated carbocycles. The highest BCUT2D eigenvalue weighted by atomic mass is 16.6. The highest BCUT2D eigenvalue weighted by molar-refractivity contribution is 5.92. The molecule has 2 atom stereocenters. The van der Waals surface area contributed by atoms with E-state index in [1.165, 1.54) is 0 Å². The number of ether oxygens (including phenoxy) is 2. The van der Waals surface area contributed by atoms with Crippen molar-refractivity contribution in [3.63, 3.8) is 0 Å². The first-order valence-electron chi connectivity index (χ1n) is 12.2. The summed E-state index contributed by atoms with van der Waals surface area (Å²) in [5.41, 5.74) is 1.83. The number of aryl methyl sites for hydroxylation is 2. The van der Waals surface area contributed by atoms with E-state index in [2.05, 4.69) is 10.6 Å². The first kappa shape index (κ1) is 28.1. The molecule has 1 fully saturated rings. The van der Waals surface area contributed by atoms with Crippen LogP contribution in [0.5, 0.6) is 0 Å². The minimum absolute atomic E-state index is 0.0348. The topological polar surface area (TPSA) is 114 Å². The average molecular weight is 490 g/mol. The van der Waals surface area contributed by atoms with Gasteiger partial charge >= 0.3 is 12.1 Å². The number of carbonyl (C=O) groups excluding carboxylic acids is 4. The van der Waals surface area contributed by atoms with Crippen LogP contribution in [0.25, 0.3) is 0 Å². The molecule has 2 N–H and O–H groups in total. The third kappa shape index (κ3) is 8.56. The SMILES string of the molecule is CCOC(=O)CCNC(=O)C(c1cc(C)ccc1C)N(C(=O)C(C)NC(=O)OC(C)(C)C)C1CC1. The Morgan fingerprint density at radius 3 is 2.37 bits per heavy atom. The van der Waals surface area contributed by atoms with E-state index in [1.54, 1.807) is 39.5 Å². The molecule has 9 nitrogen and oxygen atoms in total. The Bertz CT molecular complexity index is 936. The third-order valence-electron chi connectivity index (χ3n) is 5.49. The number of hydrogen-bond donors (Lipinski definition) is 2. The van der Waals surface area contributed by atoms with Crippen LogP contribution in [0.1, 0.15) is 76.6 Å². The van der Waals surface area contributed by atoms with Gasteiger partial charge in [-0.2, -0.15) is 0 Å². The molecule has 9 heteroatoms. The molecule has 0 spiro atoms. The van der Waals surface area contributed by atoms with Crippen LogP contribution < -0.4 is 10.6 Å². The fourth-order valence-electron chi connectivity index (χ4n) is 3.73. The van der Waals surface area contributed by atoms with Gasteiger partial charge in [-0.25, -0.2) is 4.79 Å². The summed E-state index contributed by atoms with van der Waals surface area (Å²) in [5.74, 6) is -1.15. The highest BCUT2D eigenvalue weighted by Gasteiger charge is 2.43. The van der Waals surface area contributed by atoms with Crippen molar-refractivity contribution in [2.45, 2.75) is 91.5 Å². The molecule has 35 heavy (non-hydrogen) atoms. The van der Waals surface area contributed by atoms with Crippen LogP contribution in [0.3, 0.4) is 0 Å². The first-order valence-corrected chi connectivity index (χ1v) is 12.2. The van der Waals surface area contributed by atoms with Gasteiger partial charge < -0.3 is 25.0 Å². The van der Waals surface area contributed by atoms with E-state index in [9.17, 15) is 19.2 Å². The lowest BCUT2D eigenvalue weighted by Gasteiger charge is -2.34. The molecule has 0 aromatic heterocycles. The van der Waals surface area contributed by atoms with Gasteiger partial charge in [-0.1, -0.05) is 23.8 Å². The Hall–Kier alpha value is -3.10. The zero-order chi connectivity index (χ0) is 26.3. The Labute approximate surface area is 207 Å². The molecule has 3 amide bonds. The van der Waals surface area contributed by atoms with E-state index in [0.29, 0.717) is 5.56 Å². The lowest BCUT2D eigenvalue weighted by Crippen LogP contribution is -2.53. The number of rotatable bonds is 10. The molecule has 0 saturated heterocycles. The van der Waals surface area contributed by atoms with Gasteiger partial charge in [0.2, 0.25) is 11.8 Å². The summed E-state index contributed by atoms with van der Waals surface area (Å²) >= 11 is 0. The van der Waals surface area contributed by atoms with Crippen molar-refractivity contribution in [3.05, 3.63) is 34.9 Å². The average Bonchev–Trinajstić information content (AvgIpc) is 3.57. The van der Waals surface area contributed by atoms with Gasteiger partial charge in [0.15, 0.2) is 0 Å². The van der Waals surface area contributed by atoms with Crippen molar-refractivity contribution in [3.8, 4) is 0 Å². The van der Waals surface area contributed by atoms with Crippen molar-refractivity contribution >= 4 is 23.9 Å². The summed E-state index contributed by atoms with van der Waals surface area (Å²) in [6.07, 6.45) is 0.869. The molecule has 0 bridgehead atoms.